The van der Waals surface area contributed by atoms with Gasteiger partial charge in [-0.05, 0) is 25.8 Å². The van der Waals surface area contributed by atoms with Gasteiger partial charge in [-0.2, -0.15) is 5.10 Å². The maximum atomic E-state index is 12.7. The second-order valence-electron chi connectivity index (χ2n) is 6.61. The molecule has 0 aliphatic heterocycles. The lowest BCUT2D eigenvalue weighted by atomic mass is 10.1. The van der Waals surface area contributed by atoms with E-state index >= 15 is 0 Å². The molecule has 0 spiro atoms. The van der Waals surface area contributed by atoms with Crippen molar-refractivity contribution >= 4 is 22.9 Å². The predicted molar refractivity (Wildman–Crippen MR) is 90.9 cm³/mol. The van der Waals surface area contributed by atoms with E-state index < -0.39 is 5.97 Å². The van der Waals surface area contributed by atoms with Gasteiger partial charge in [0, 0.05) is 30.7 Å². The van der Waals surface area contributed by atoms with Crippen molar-refractivity contribution in [1.82, 2.24) is 19.7 Å². The van der Waals surface area contributed by atoms with Crippen LogP contribution in [0.4, 0.5) is 0 Å². The zero-order chi connectivity index (χ0) is 17.9. The molecule has 0 aromatic carbocycles. The number of fused-ring (bicyclic) bond motifs is 1. The van der Waals surface area contributed by atoms with E-state index in [0.29, 0.717) is 12.1 Å². The van der Waals surface area contributed by atoms with Gasteiger partial charge in [-0.3, -0.25) is 9.59 Å². The van der Waals surface area contributed by atoms with Crippen molar-refractivity contribution in [3.8, 4) is 0 Å². The summed E-state index contributed by atoms with van der Waals surface area (Å²) in [7, 11) is 0. The van der Waals surface area contributed by atoms with Crippen LogP contribution in [0.5, 0.6) is 0 Å². The maximum Gasteiger partial charge on any atom is 0.305 e. The molecule has 7 heteroatoms. The van der Waals surface area contributed by atoms with Crippen LogP contribution in [0.25, 0.3) is 11.0 Å². The zero-order valence-electron chi connectivity index (χ0n) is 14.6. The number of carboxylic acid groups (broad SMARTS) is 1. The van der Waals surface area contributed by atoms with Crippen molar-refractivity contribution in [1.29, 1.82) is 0 Å². The minimum absolute atomic E-state index is 0.0700. The number of aromatic nitrogens is 3. The number of carboxylic acids is 1. The fraction of sp³-hybridized carbons (Fsp3) is 0.529. The molecule has 1 N–H and O–H groups in total. The predicted octanol–water partition coefficient (Wildman–Crippen LogP) is 2.59. The Kier molecular flexibility index (Phi) is 5.54. The standard InChI is InChI=1S/C17H24N4O3/c1-11(2)10-20(6-5-15(22)23)17(24)14-7-13-9-19-21(12(3)4)16(13)18-8-14/h7-9,11-12H,5-6,10H2,1-4H3,(H,22,23). The number of nitrogens with zero attached hydrogens (tertiary/aromatic N) is 4. The minimum atomic E-state index is -0.914. The summed E-state index contributed by atoms with van der Waals surface area (Å²) < 4.78 is 1.81. The molecule has 0 aliphatic rings. The lowest BCUT2D eigenvalue weighted by molar-refractivity contribution is -0.137. The Morgan fingerprint density at radius 1 is 1.25 bits per heavy atom. The van der Waals surface area contributed by atoms with E-state index in [1.54, 1.807) is 28.0 Å². The molecule has 2 heterocycles. The van der Waals surface area contributed by atoms with E-state index in [2.05, 4.69) is 10.1 Å². The number of aliphatic carboxylic acids is 1. The lowest BCUT2D eigenvalue weighted by Gasteiger charge is -2.24. The summed E-state index contributed by atoms with van der Waals surface area (Å²) in [5.74, 6) is -0.858. The first kappa shape index (κ1) is 17.9. The molecule has 130 valence electrons. The molecule has 24 heavy (non-hydrogen) atoms. The van der Waals surface area contributed by atoms with E-state index in [4.69, 9.17) is 5.11 Å². The van der Waals surface area contributed by atoms with Crippen LogP contribution in [0.1, 0.15) is 50.5 Å². The highest BCUT2D eigenvalue weighted by Crippen LogP contribution is 2.18. The number of carbonyl (C=O) groups is 2. The monoisotopic (exact) mass is 332 g/mol. The number of carbonyl (C=O) groups excluding carboxylic acids is 1. The van der Waals surface area contributed by atoms with Gasteiger partial charge in [0.25, 0.3) is 5.91 Å². The number of hydrogen-bond donors (Lipinski definition) is 1. The van der Waals surface area contributed by atoms with Gasteiger partial charge >= 0.3 is 5.97 Å². The molecule has 2 aromatic heterocycles. The van der Waals surface area contributed by atoms with Crippen LogP contribution in [-0.4, -0.2) is 49.7 Å². The van der Waals surface area contributed by atoms with Gasteiger partial charge in [-0.25, -0.2) is 9.67 Å². The van der Waals surface area contributed by atoms with Crippen molar-refractivity contribution < 1.29 is 14.7 Å². The van der Waals surface area contributed by atoms with Gasteiger partial charge in [-0.15, -0.1) is 0 Å². The van der Waals surface area contributed by atoms with Crippen LogP contribution in [0.2, 0.25) is 0 Å². The Morgan fingerprint density at radius 3 is 2.54 bits per heavy atom. The molecule has 2 rings (SSSR count). The van der Waals surface area contributed by atoms with Gasteiger partial charge in [0.1, 0.15) is 0 Å². The third-order valence-corrected chi connectivity index (χ3v) is 3.64. The lowest BCUT2D eigenvalue weighted by Crippen LogP contribution is -2.36. The summed E-state index contributed by atoms with van der Waals surface area (Å²) in [5.41, 5.74) is 1.19. The topological polar surface area (TPSA) is 88.3 Å². The molecule has 2 aromatic rings. The van der Waals surface area contributed by atoms with E-state index in [1.165, 1.54) is 0 Å². The van der Waals surface area contributed by atoms with Crippen molar-refractivity contribution in [3.63, 3.8) is 0 Å². The molecule has 0 unspecified atom stereocenters. The Hall–Kier alpha value is -2.44. The summed E-state index contributed by atoms with van der Waals surface area (Å²) in [6, 6.07) is 1.95. The Labute approximate surface area is 141 Å². The quantitative estimate of drug-likeness (QED) is 0.842. The summed E-state index contributed by atoms with van der Waals surface area (Å²) in [5, 5.41) is 14.0. The second-order valence-corrected chi connectivity index (χ2v) is 6.61. The maximum absolute atomic E-state index is 12.7. The summed E-state index contributed by atoms with van der Waals surface area (Å²) in [6.45, 7) is 8.72. The highest BCUT2D eigenvalue weighted by Gasteiger charge is 2.19. The first-order valence-electron chi connectivity index (χ1n) is 8.14. The summed E-state index contributed by atoms with van der Waals surface area (Å²) in [4.78, 5) is 29.5. The first-order valence-corrected chi connectivity index (χ1v) is 8.14. The van der Waals surface area contributed by atoms with Gasteiger partial charge in [0.15, 0.2) is 5.65 Å². The summed E-state index contributed by atoms with van der Waals surface area (Å²) >= 11 is 0. The molecule has 1 amide bonds. The van der Waals surface area contributed by atoms with Crippen LogP contribution in [0.15, 0.2) is 18.5 Å². The molecular weight excluding hydrogens is 308 g/mol. The van der Waals surface area contributed by atoms with Gasteiger partial charge < -0.3 is 10.0 Å². The van der Waals surface area contributed by atoms with Crippen molar-refractivity contribution in [2.45, 2.75) is 40.2 Å². The van der Waals surface area contributed by atoms with Crippen LogP contribution in [-0.2, 0) is 4.79 Å². The molecule has 0 radical (unpaired) electrons. The first-order chi connectivity index (χ1) is 11.3. The third kappa shape index (κ3) is 4.10. The fourth-order valence-corrected chi connectivity index (χ4v) is 2.56. The van der Waals surface area contributed by atoms with Gasteiger partial charge in [-0.1, -0.05) is 13.8 Å². The molecule has 0 saturated carbocycles. The zero-order valence-corrected chi connectivity index (χ0v) is 14.6. The van der Waals surface area contributed by atoms with Crippen molar-refractivity contribution in [2.75, 3.05) is 13.1 Å². The largest absolute Gasteiger partial charge is 0.481 e. The molecule has 0 saturated heterocycles. The van der Waals surface area contributed by atoms with Crippen LogP contribution in [0.3, 0.4) is 0 Å². The fourth-order valence-electron chi connectivity index (χ4n) is 2.56. The third-order valence-electron chi connectivity index (χ3n) is 3.64. The Balaban J connectivity index is 2.27. The minimum Gasteiger partial charge on any atom is -0.481 e. The molecule has 0 aliphatic carbocycles. The van der Waals surface area contributed by atoms with Crippen molar-refractivity contribution in [2.24, 2.45) is 5.92 Å². The Bertz CT molecular complexity index is 737. The molecule has 0 atom stereocenters. The van der Waals surface area contributed by atoms with Crippen LogP contribution < -0.4 is 0 Å². The smallest absolute Gasteiger partial charge is 0.305 e. The second kappa shape index (κ2) is 7.42. The number of rotatable bonds is 7. The summed E-state index contributed by atoms with van der Waals surface area (Å²) in [6.07, 6.45) is 3.17. The normalized spacial score (nSPS) is 11.4. The van der Waals surface area contributed by atoms with Crippen LogP contribution >= 0.6 is 0 Å². The molecule has 7 nitrogen and oxygen atoms in total. The van der Waals surface area contributed by atoms with Gasteiger partial charge in [0.2, 0.25) is 0 Å². The number of amides is 1. The highest BCUT2D eigenvalue weighted by atomic mass is 16.4. The number of hydrogen-bond acceptors (Lipinski definition) is 4. The average Bonchev–Trinajstić information content (AvgIpc) is 2.93. The van der Waals surface area contributed by atoms with E-state index in [9.17, 15) is 9.59 Å². The molecular formula is C17H24N4O3. The van der Waals surface area contributed by atoms with E-state index in [1.807, 2.05) is 27.7 Å². The molecule has 0 fully saturated rings. The van der Waals surface area contributed by atoms with Gasteiger partial charge in [0.05, 0.1) is 18.2 Å². The van der Waals surface area contributed by atoms with Crippen molar-refractivity contribution in [3.05, 3.63) is 24.0 Å². The average molecular weight is 332 g/mol. The van der Waals surface area contributed by atoms with E-state index in [0.717, 1.165) is 11.0 Å². The van der Waals surface area contributed by atoms with Crippen LogP contribution in [0, 0.1) is 5.92 Å². The SMILES string of the molecule is CC(C)CN(CCC(=O)O)C(=O)c1cnc2c(cnn2C(C)C)c1. The highest BCUT2D eigenvalue weighted by molar-refractivity contribution is 5.97. The Morgan fingerprint density at radius 2 is 1.96 bits per heavy atom. The van der Waals surface area contributed by atoms with E-state index in [-0.39, 0.29) is 30.8 Å². The molecule has 0 bridgehead atoms. The number of pyridine rings is 1.